The number of ether oxygens (including phenoxy) is 2. The number of hydrogen-bond donors (Lipinski definition) is 2. The summed E-state index contributed by atoms with van der Waals surface area (Å²) in [4.78, 5) is 39.2. The van der Waals surface area contributed by atoms with Crippen LogP contribution in [0.4, 0.5) is 0 Å². The molecule has 1 fully saturated rings. The molecule has 2 rings (SSSR count). The third-order valence-electron chi connectivity index (χ3n) is 6.19. The van der Waals surface area contributed by atoms with E-state index in [2.05, 4.69) is 10.6 Å². The van der Waals surface area contributed by atoms with Gasteiger partial charge in [0.25, 0.3) is 0 Å². The number of nitrogens with one attached hydrogen (secondary N) is 2. The third kappa shape index (κ3) is 6.14. The van der Waals surface area contributed by atoms with Gasteiger partial charge in [-0.1, -0.05) is 33.1 Å². The number of carbonyl (C=O) groups is 3. The second-order valence-electron chi connectivity index (χ2n) is 10.3. The molecule has 1 aliphatic heterocycles. The Morgan fingerprint density at radius 3 is 2.06 bits per heavy atom. The minimum absolute atomic E-state index is 0.156. The molecular formula is C25H40N2O5. The standard InChI is InChI=1S/C25H40N2O5/c1-14(2)21(24(30)32-25(5,6)7)27-22(28)18-15(3)26-16(4)19(23(29)31-8)20(18)17-12-10-9-11-13-17/h14,17,20-21,26H,9-13H2,1-8H3,(H,27,28)/t20?,21-/m0/s1. The molecule has 0 radical (unpaired) electrons. The molecule has 7 heteroatoms. The number of hydrogen-bond acceptors (Lipinski definition) is 6. The predicted octanol–water partition coefficient (Wildman–Crippen LogP) is 3.99. The Balaban J connectivity index is 2.42. The second kappa shape index (κ2) is 10.5. The minimum atomic E-state index is -0.789. The Morgan fingerprint density at radius 1 is 1.00 bits per heavy atom. The fraction of sp³-hybridized carbons (Fsp3) is 0.720. The molecule has 1 aliphatic carbocycles. The predicted molar refractivity (Wildman–Crippen MR) is 123 cm³/mol. The van der Waals surface area contributed by atoms with E-state index in [1.165, 1.54) is 7.11 Å². The maximum Gasteiger partial charge on any atom is 0.336 e. The SMILES string of the molecule is COC(=O)C1=C(C)NC(C)=C(C(=O)N[C@H](C(=O)OC(C)(C)C)C(C)C)C1C1CCCCC1. The molecule has 32 heavy (non-hydrogen) atoms. The van der Waals surface area contributed by atoms with Crippen molar-refractivity contribution < 1.29 is 23.9 Å². The van der Waals surface area contributed by atoms with Gasteiger partial charge in [0.1, 0.15) is 11.6 Å². The molecule has 0 aromatic rings. The molecular weight excluding hydrogens is 408 g/mol. The Morgan fingerprint density at radius 2 is 1.56 bits per heavy atom. The summed E-state index contributed by atoms with van der Waals surface area (Å²) < 4.78 is 10.6. The van der Waals surface area contributed by atoms with E-state index in [-0.39, 0.29) is 23.7 Å². The van der Waals surface area contributed by atoms with E-state index in [1.807, 2.05) is 27.7 Å². The summed E-state index contributed by atoms with van der Waals surface area (Å²) in [6, 6.07) is -0.789. The number of amides is 1. The van der Waals surface area contributed by atoms with Crippen molar-refractivity contribution in [1.82, 2.24) is 10.6 Å². The Kier molecular flexibility index (Phi) is 8.54. The second-order valence-corrected chi connectivity index (χ2v) is 10.3. The minimum Gasteiger partial charge on any atom is -0.466 e. The summed E-state index contributed by atoms with van der Waals surface area (Å²) >= 11 is 0. The summed E-state index contributed by atoms with van der Waals surface area (Å²) in [5.74, 6) is -1.58. The molecule has 2 aliphatic rings. The highest BCUT2D eigenvalue weighted by molar-refractivity contribution is 6.01. The summed E-state index contributed by atoms with van der Waals surface area (Å²) in [6.45, 7) is 12.8. The molecule has 1 heterocycles. The zero-order valence-corrected chi connectivity index (χ0v) is 20.9. The summed E-state index contributed by atoms with van der Waals surface area (Å²) in [5.41, 5.74) is 1.79. The van der Waals surface area contributed by atoms with Crippen LogP contribution in [0.1, 0.15) is 80.6 Å². The molecule has 180 valence electrons. The molecule has 2 atom stereocenters. The molecule has 0 saturated heterocycles. The Bertz CT molecular complexity index is 798. The lowest BCUT2D eigenvalue weighted by Crippen LogP contribution is -2.50. The topological polar surface area (TPSA) is 93.7 Å². The fourth-order valence-corrected chi connectivity index (χ4v) is 4.75. The first-order valence-electron chi connectivity index (χ1n) is 11.7. The van der Waals surface area contributed by atoms with E-state index in [0.29, 0.717) is 22.5 Å². The van der Waals surface area contributed by atoms with Crippen LogP contribution in [-0.2, 0) is 23.9 Å². The molecule has 1 unspecified atom stereocenters. The number of methoxy groups -OCH3 is 1. The van der Waals surface area contributed by atoms with Gasteiger partial charge in [0, 0.05) is 22.9 Å². The van der Waals surface area contributed by atoms with Gasteiger partial charge in [0.15, 0.2) is 0 Å². The van der Waals surface area contributed by atoms with Crippen LogP contribution < -0.4 is 10.6 Å². The maximum absolute atomic E-state index is 13.6. The average Bonchev–Trinajstić information content (AvgIpc) is 2.69. The van der Waals surface area contributed by atoms with Crippen molar-refractivity contribution in [3.8, 4) is 0 Å². The number of esters is 2. The smallest absolute Gasteiger partial charge is 0.336 e. The monoisotopic (exact) mass is 448 g/mol. The van der Waals surface area contributed by atoms with Crippen LogP contribution in [0, 0.1) is 17.8 Å². The highest BCUT2D eigenvalue weighted by Crippen LogP contribution is 2.42. The van der Waals surface area contributed by atoms with Crippen molar-refractivity contribution in [2.24, 2.45) is 17.8 Å². The average molecular weight is 449 g/mol. The van der Waals surface area contributed by atoms with Gasteiger partial charge in [-0.2, -0.15) is 0 Å². The summed E-state index contributed by atoms with van der Waals surface area (Å²) in [6.07, 6.45) is 5.20. The lowest BCUT2D eigenvalue weighted by molar-refractivity contribution is -0.159. The summed E-state index contributed by atoms with van der Waals surface area (Å²) in [7, 11) is 1.36. The van der Waals surface area contributed by atoms with Gasteiger partial charge in [0.05, 0.1) is 12.7 Å². The molecule has 1 amide bonds. The van der Waals surface area contributed by atoms with E-state index in [0.717, 1.165) is 32.1 Å². The molecule has 7 nitrogen and oxygen atoms in total. The first-order chi connectivity index (χ1) is 14.9. The van der Waals surface area contributed by atoms with Crippen molar-refractivity contribution in [2.45, 2.75) is 92.2 Å². The van der Waals surface area contributed by atoms with Crippen LogP contribution >= 0.6 is 0 Å². The van der Waals surface area contributed by atoms with Gasteiger partial charge in [-0.25, -0.2) is 9.59 Å². The van der Waals surface area contributed by atoms with Crippen molar-refractivity contribution in [1.29, 1.82) is 0 Å². The van der Waals surface area contributed by atoms with Crippen molar-refractivity contribution in [3.05, 3.63) is 22.5 Å². The van der Waals surface area contributed by atoms with E-state index in [1.54, 1.807) is 20.8 Å². The number of rotatable bonds is 6. The van der Waals surface area contributed by atoms with Gasteiger partial charge < -0.3 is 20.1 Å². The normalized spacial score (nSPS) is 21.2. The van der Waals surface area contributed by atoms with Crippen molar-refractivity contribution in [2.75, 3.05) is 7.11 Å². The van der Waals surface area contributed by atoms with Crippen LogP contribution in [0.15, 0.2) is 22.5 Å². The van der Waals surface area contributed by atoms with Gasteiger partial charge in [-0.05, 0) is 59.3 Å². The van der Waals surface area contributed by atoms with E-state index >= 15 is 0 Å². The zero-order chi connectivity index (χ0) is 24.2. The number of allylic oxidation sites excluding steroid dienone is 2. The highest BCUT2D eigenvalue weighted by atomic mass is 16.6. The van der Waals surface area contributed by atoms with Crippen molar-refractivity contribution >= 4 is 17.8 Å². The maximum atomic E-state index is 13.6. The zero-order valence-electron chi connectivity index (χ0n) is 20.9. The van der Waals surface area contributed by atoms with Crippen molar-refractivity contribution in [3.63, 3.8) is 0 Å². The Hall–Kier alpha value is -2.31. The quantitative estimate of drug-likeness (QED) is 0.597. The van der Waals surface area contributed by atoms with Crippen LogP contribution in [0.3, 0.4) is 0 Å². The lowest BCUT2D eigenvalue weighted by Gasteiger charge is -2.37. The lowest BCUT2D eigenvalue weighted by atomic mass is 9.70. The van der Waals surface area contributed by atoms with Crippen LogP contribution in [-0.4, -0.2) is 36.6 Å². The van der Waals surface area contributed by atoms with Gasteiger partial charge in [-0.15, -0.1) is 0 Å². The van der Waals surface area contributed by atoms with Crippen LogP contribution in [0.25, 0.3) is 0 Å². The first kappa shape index (κ1) is 25.9. The number of dihydropyridines is 1. The van der Waals surface area contributed by atoms with E-state index < -0.39 is 23.6 Å². The molecule has 0 spiro atoms. The molecule has 1 saturated carbocycles. The number of carbonyl (C=O) groups excluding carboxylic acids is 3. The molecule has 0 aromatic carbocycles. The van der Waals surface area contributed by atoms with Gasteiger partial charge in [0.2, 0.25) is 5.91 Å². The van der Waals surface area contributed by atoms with Gasteiger partial charge >= 0.3 is 11.9 Å². The molecule has 2 N–H and O–H groups in total. The van der Waals surface area contributed by atoms with Crippen LogP contribution in [0.5, 0.6) is 0 Å². The van der Waals surface area contributed by atoms with E-state index in [9.17, 15) is 14.4 Å². The van der Waals surface area contributed by atoms with Gasteiger partial charge in [-0.3, -0.25) is 4.79 Å². The van der Waals surface area contributed by atoms with Crippen LogP contribution in [0.2, 0.25) is 0 Å². The fourth-order valence-electron chi connectivity index (χ4n) is 4.75. The van der Waals surface area contributed by atoms with E-state index in [4.69, 9.17) is 9.47 Å². The summed E-state index contributed by atoms with van der Waals surface area (Å²) in [5, 5.41) is 6.11. The largest absolute Gasteiger partial charge is 0.466 e. The highest BCUT2D eigenvalue weighted by Gasteiger charge is 2.42. The first-order valence-corrected chi connectivity index (χ1v) is 11.7. The third-order valence-corrected chi connectivity index (χ3v) is 6.19. The Labute approximate surface area is 192 Å². The molecule has 0 aromatic heterocycles. The molecule has 0 bridgehead atoms.